The Kier molecular flexibility index (Phi) is 3.19. The molecule has 0 spiro atoms. The van der Waals surface area contributed by atoms with Gasteiger partial charge >= 0.3 is 8.03 Å². The van der Waals surface area contributed by atoms with E-state index in [4.69, 9.17) is 10.3 Å². The molecule has 1 heterocycles. The van der Waals surface area contributed by atoms with Crippen LogP contribution in [0, 0.1) is 0 Å². The molecule has 106 valence electrons. The maximum absolute atomic E-state index is 11.1. The summed E-state index contributed by atoms with van der Waals surface area (Å²) < 4.78 is 16.3. The highest BCUT2D eigenvalue weighted by molar-refractivity contribution is 7.38. The number of hydrogen-bond donors (Lipinski definition) is 2. The zero-order valence-electron chi connectivity index (χ0n) is 11.1. The van der Waals surface area contributed by atoms with Crippen LogP contribution >= 0.6 is 8.03 Å². The number of fused-ring (bicyclic) bond motifs is 1. The lowest BCUT2D eigenvalue weighted by molar-refractivity contribution is 0.464. The quantitative estimate of drug-likeness (QED) is 0.569. The third-order valence-electron chi connectivity index (χ3n) is 2.80. The van der Waals surface area contributed by atoms with Gasteiger partial charge in [0.2, 0.25) is 0 Å². The van der Waals surface area contributed by atoms with Gasteiger partial charge in [0.15, 0.2) is 12.4 Å². The predicted octanol–water partition coefficient (Wildman–Crippen LogP) is 2.46. The molecule has 0 saturated heterocycles. The van der Waals surface area contributed by atoms with Crippen molar-refractivity contribution in [3.05, 3.63) is 36.4 Å². The fraction of sp³-hybridized carbons (Fsp3) is 0.0769. The summed E-state index contributed by atoms with van der Waals surface area (Å²) in [7, 11) is -1.79. The van der Waals surface area contributed by atoms with E-state index in [1.807, 2.05) is 0 Å². The molecule has 8 heteroatoms. The molecule has 0 aliphatic rings. The number of aromatic nitrogens is 3. The van der Waals surface area contributed by atoms with E-state index in [1.165, 1.54) is 29.7 Å². The number of hydrogen-bond acceptors (Lipinski definition) is 6. The number of nitrogens with zero attached hydrogens (tertiary/aromatic N) is 3. The van der Waals surface area contributed by atoms with Crippen molar-refractivity contribution in [1.82, 2.24) is 15.0 Å². The van der Waals surface area contributed by atoms with Gasteiger partial charge in [-0.3, -0.25) is 4.52 Å². The van der Waals surface area contributed by atoms with Crippen molar-refractivity contribution in [2.45, 2.75) is 0 Å². The maximum Gasteiger partial charge on any atom is 0.552 e. The summed E-state index contributed by atoms with van der Waals surface area (Å²) >= 11 is 0. The van der Waals surface area contributed by atoms with Crippen molar-refractivity contribution in [2.75, 3.05) is 12.4 Å². The molecule has 2 aromatic carbocycles. The van der Waals surface area contributed by atoms with Crippen LogP contribution in [0.5, 0.6) is 11.5 Å². The minimum atomic E-state index is -1.79. The molecule has 3 N–H and O–H groups in total. The number of benzene rings is 2. The Labute approximate surface area is 120 Å². The summed E-state index contributed by atoms with van der Waals surface area (Å²) in [5, 5.41) is 18.5. The van der Waals surface area contributed by atoms with Crippen LogP contribution in [-0.2, 0) is 4.57 Å². The SMILES string of the molecule is C[P+](=O)Oc1ccc(O)c(-n2nc3ccc(N)cc3n2)c1. The van der Waals surface area contributed by atoms with Crippen molar-refractivity contribution < 1.29 is 14.2 Å². The number of nitrogen functional groups attached to an aromatic ring is 1. The summed E-state index contributed by atoms with van der Waals surface area (Å²) in [6.45, 7) is 1.45. The van der Waals surface area contributed by atoms with Gasteiger partial charge in [-0.15, -0.1) is 15.0 Å². The van der Waals surface area contributed by atoms with Crippen molar-refractivity contribution in [2.24, 2.45) is 0 Å². The Hall–Kier alpha value is -2.66. The van der Waals surface area contributed by atoms with Crippen LogP contribution in [0.15, 0.2) is 36.4 Å². The Morgan fingerprint density at radius 3 is 2.71 bits per heavy atom. The van der Waals surface area contributed by atoms with E-state index in [2.05, 4.69) is 10.2 Å². The molecule has 0 aliphatic heterocycles. The minimum Gasteiger partial charge on any atom is -0.506 e. The topological polar surface area (TPSA) is 103 Å². The Morgan fingerprint density at radius 1 is 1.19 bits per heavy atom. The second-order valence-corrected chi connectivity index (χ2v) is 5.48. The summed E-state index contributed by atoms with van der Waals surface area (Å²) in [6, 6.07) is 9.65. The molecule has 0 amide bonds. The number of nitrogens with two attached hydrogens (primary N) is 1. The van der Waals surface area contributed by atoms with E-state index < -0.39 is 8.03 Å². The van der Waals surface area contributed by atoms with Gasteiger partial charge < -0.3 is 10.8 Å². The first-order valence-electron chi connectivity index (χ1n) is 6.08. The van der Waals surface area contributed by atoms with E-state index in [9.17, 15) is 9.67 Å². The number of anilines is 1. The van der Waals surface area contributed by atoms with Crippen LogP contribution < -0.4 is 10.3 Å². The number of phenols is 1. The molecule has 0 fully saturated rings. The van der Waals surface area contributed by atoms with Crippen LogP contribution in [0.3, 0.4) is 0 Å². The lowest BCUT2D eigenvalue weighted by Crippen LogP contribution is -1.99. The first-order chi connectivity index (χ1) is 10.0. The average molecular weight is 303 g/mol. The van der Waals surface area contributed by atoms with Crippen molar-refractivity contribution in [3.63, 3.8) is 0 Å². The summed E-state index contributed by atoms with van der Waals surface area (Å²) in [5.41, 5.74) is 7.88. The van der Waals surface area contributed by atoms with Gasteiger partial charge in [0.1, 0.15) is 22.5 Å². The molecular formula is C13H12N4O3P+. The van der Waals surface area contributed by atoms with E-state index >= 15 is 0 Å². The number of rotatable bonds is 3. The molecule has 1 unspecified atom stereocenters. The van der Waals surface area contributed by atoms with Gasteiger partial charge in [-0.1, -0.05) is 0 Å². The van der Waals surface area contributed by atoms with E-state index in [0.29, 0.717) is 28.2 Å². The van der Waals surface area contributed by atoms with Crippen LogP contribution in [0.4, 0.5) is 5.69 Å². The summed E-state index contributed by atoms with van der Waals surface area (Å²) in [6.07, 6.45) is 0. The fourth-order valence-electron chi connectivity index (χ4n) is 1.91. The van der Waals surface area contributed by atoms with Crippen molar-refractivity contribution >= 4 is 24.7 Å². The highest BCUT2D eigenvalue weighted by Crippen LogP contribution is 2.30. The van der Waals surface area contributed by atoms with Crippen LogP contribution in [-0.4, -0.2) is 26.8 Å². The number of phenolic OH excluding ortho intramolecular Hbond substituents is 1. The molecule has 1 aromatic heterocycles. The highest BCUT2D eigenvalue weighted by atomic mass is 31.1. The number of aromatic hydroxyl groups is 1. The molecule has 0 saturated carbocycles. The predicted molar refractivity (Wildman–Crippen MR) is 79.1 cm³/mol. The standard InChI is InChI=1S/C13H11N4O3P/c1-21(19)20-9-3-5-13(18)12(7-9)17-15-10-4-2-8(14)6-11(10)16-17/h2-7H,1H3,(H2-,14,16,18)/p+1. The molecule has 0 aliphatic carbocycles. The molecule has 21 heavy (non-hydrogen) atoms. The Morgan fingerprint density at radius 2 is 1.95 bits per heavy atom. The normalized spacial score (nSPS) is 11.6. The van der Waals surface area contributed by atoms with Gasteiger partial charge in [0.05, 0.1) is 0 Å². The average Bonchev–Trinajstić information content (AvgIpc) is 2.83. The highest BCUT2D eigenvalue weighted by Gasteiger charge is 2.15. The molecule has 0 radical (unpaired) electrons. The largest absolute Gasteiger partial charge is 0.552 e. The Balaban J connectivity index is 2.10. The van der Waals surface area contributed by atoms with E-state index in [1.54, 1.807) is 18.2 Å². The second-order valence-electron chi connectivity index (χ2n) is 4.42. The molecular weight excluding hydrogens is 291 g/mol. The van der Waals surface area contributed by atoms with Gasteiger partial charge in [-0.25, -0.2) is 0 Å². The van der Waals surface area contributed by atoms with Crippen LogP contribution in [0.2, 0.25) is 0 Å². The van der Waals surface area contributed by atoms with Crippen molar-refractivity contribution in [1.29, 1.82) is 0 Å². The zero-order valence-corrected chi connectivity index (χ0v) is 12.0. The molecule has 3 rings (SSSR count). The van der Waals surface area contributed by atoms with Gasteiger partial charge in [-0.05, 0) is 34.9 Å². The first kappa shape index (κ1) is 13.3. The molecule has 3 aromatic rings. The molecule has 0 bridgehead atoms. The zero-order chi connectivity index (χ0) is 15.0. The summed E-state index contributed by atoms with van der Waals surface area (Å²) in [4.78, 5) is 1.29. The first-order valence-corrected chi connectivity index (χ1v) is 7.70. The second kappa shape index (κ2) is 5.03. The fourth-order valence-corrected chi connectivity index (χ4v) is 2.32. The van der Waals surface area contributed by atoms with Gasteiger partial charge in [0.25, 0.3) is 0 Å². The lowest BCUT2D eigenvalue weighted by atomic mass is 10.3. The smallest absolute Gasteiger partial charge is 0.506 e. The van der Waals surface area contributed by atoms with Gasteiger partial charge in [0, 0.05) is 11.8 Å². The summed E-state index contributed by atoms with van der Waals surface area (Å²) in [5.74, 6) is 0.356. The third kappa shape index (κ3) is 2.64. The van der Waals surface area contributed by atoms with Crippen molar-refractivity contribution in [3.8, 4) is 17.2 Å². The van der Waals surface area contributed by atoms with Crippen LogP contribution in [0.1, 0.15) is 0 Å². The maximum atomic E-state index is 11.1. The molecule has 1 atom stereocenters. The monoisotopic (exact) mass is 303 g/mol. The minimum absolute atomic E-state index is 0.0121. The van der Waals surface area contributed by atoms with E-state index in [0.717, 1.165) is 0 Å². The Bertz CT molecular complexity index is 847. The van der Waals surface area contributed by atoms with E-state index in [-0.39, 0.29) is 5.75 Å². The molecule has 7 nitrogen and oxygen atoms in total. The van der Waals surface area contributed by atoms with Gasteiger partial charge in [-0.2, -0.15) is 0 Å². The third-order valence-corrected chi connectivity index (χ3v) is 3.27. The lowest BCUT2D eigenvalue weighted by Gasteiger charge is -2.03. The van der Waals surface area contributed by atoms with Crippen LogP contribution in [0.25, 0.3) is 16.7 Å².